The van der Waals surface area contributed by atoms with E-state index >= 15 is 0 Å². The first-order valence-corrected chi connectivity index (χ1v) is 3.84. The van der Waals surface area contributed by atoms with Crippen LogP contribution < -0.4 is 0 Å². The summed E-state index contributed by atoms with van der Waals surface area (Å²) in [5, 5.41) is 0. The van der Waals surface area contributed by atoms with Gasteiger partial charge in [0, 0.05) is 6.61 Å². The lowest BCUT2D eigenvalue weighted by molar-refractivity contribution is 0.164. The van der Waals surface area contributed by atoms with Gasteiger partial charge in [0.05, 0.1) is 6.61 Å². The zero-order valence-corrected chi connectivity index (χ0v) is 6.62. The quantitative estimate of drug-likeness (QED) is 0.595. The Morgan fingerprint density at radius 3 is 2.55 bits per heavy atom. The molecule has 1 radical (unpaired) electrons. The largest absolute Gasteiger partial charge is 0.381 e. The highest BCUT2D eigenvalue weighted by Crippen LogP contribution is 1.98. The van der Waals surface area contributed by atoms with Crippen molar-refractivity contribution < 1.29 is 4.74 Å². The Morgan fingerprint density at radius 1 is 1.18 bits per heavy atom. The first kappa shape index (κ1) is 8.28. The highest BCUT2D eigenvalue weighted by atomic mass is 16.5. The Kier molecular flexibility index (Phi) is 3.70. The number of hydrogen-bond donors (Lipinski definition) is 0. The molecule has 1 rings (SSSR count). The SMILES string of the molecule is [CH2]COCCc1ccccc1. The molecule has 0 amide bonds. The fraction of sp³-hybridized carbons (Fsp3) is 0.300. The summed E-state index contributed by atoms with van der Waals surface area (Å²) in [5.41, 5.74) is 1.32. The molecular formula is C10H13O. The van der Waals surface area contributed by atoms with Gasteiger partial charge in [-0.25, -0.2) is 0 Å². The number of ether oxygens (including phenoxy) is 1. The lowest BCUT2D eigenvalue weighted by atomic mass is 10.2. The molecule has 0 saturated carbocycles. The molecule has 1 nitrogen and oxygen atoms in total. The Hall–Kier alpha value is -0.820. The average molecular weight is 149 g/mol. The predicted octanol–water partition coefficient (Wildman–Crippen LogP) is 2.08. The molecule has 0 aliphatic carbocycles. The van der Waals surface area contributed by atoms with Gasteiger partial charge in [-0.2, -0.15) is 0 Å². The second-order valence-corrected chi connectivity index (χ2v) is 2.35. The zero-order chi connectivity index (χ0) is 7.94. The summed E-state index contributed by atoms with van der Waals surface area (Å²) in [4.78, 5) is 0. The topological polar surface area (TPSA) is 9.23 Å². The van der Waals surface area contributed by atoms with Crippen molar-refractivity contribution in [2.45, 2.75) is 6.42 Å². The molecule has 0 N–H and O–H groups in total. The summed E-state index contributed by atoms with van der Waals surface area (Å²) in [7, 11) is 0. The van der Waals surface area contributed by atoms with Gasteiger partial charge in [-0.3, -0.25) is 0 Å². The van der Waals surface area contributed by atoms with Crippen LogP contribution in [0.5, 0.6) is 0 Å². The Morgan fingerprint density at radius 2 is 1.91 bits per heavy atom. The van der Waals surface area contributed by atoms with Gasteiger partial charge in [0.25, 0.3) is 0 Å². The third kappa shape index (κ3) is 3.19. The normalized spacial score (nSPS) is 9.91. The maximum atomic E-state index is 5.13. The van der Waals surface area contributed by atoms with Crippen molar-refractivity contribution in [1.29, 1.82) is 0 Å². The summed E-state index contributed by atoms with van der Waals surface area (Å²) in [6.07, 6.45) is 0.982. The fourth-order valence-electron chi connectivity index (χ4n) is 0.937. The van der Waals surface area contributed by atoms with Crippen LogP contribution in [0.4, 0.5) is 0 Å². The molecule has 0 atom stereocenters. The summed E-state index contributed by atoms with van der Waals surface area (Å²) in [5.74, 6) is 0. The van der Waals surface area contributed by atoms with Crippen molar-refractivity contribution in [3.05, 3.63) is 42.8 Å². The lowest BCUT2D eigenvalue weighted by Crippen LogP contribution is -1.97. The van der Waals surface area contributed by atoms with Gasteiger partial charge in [0.2, 0.25) is 0 Å². The lowest BCUT2D eigenvalue weighted by Gasteiger charge is -2.00. The van der Waals surface area contributed by atoms with Gasteiger partial charge in [-0.1, -0.05) is 30.3 Å². The first-order valence-electron chi connectivity index (χ1n) is 3.84. The Bertz CT molecular complexity index is 181. The van der Waals surface area contributed by atoms with Crippen LogP contribution in [0.3, 0.4) is 0 Å². The number of rotatable bonds is 4. The second-order valence-electron chi connectivity index (χ2n) is 2.35. The van der Waals surface area contributed by atoms with E-state index in [4.69, 9.17) is 4.74 Å². The van der Waals surface area contributed by atoms with E-state index in [1.54, 1.807) is 0 Å². The Balaban J connectivity index is 2.28. The molecule has 0 aromatic heterocycles. The van der Waals surface area contributed by atoms with Gasteiger partial charge in [-0.05, 0) is 18.9 Å². The number of benzene rings is 1. The third-order valence-electron chi connectivity index (χ3n) is 1.52. The monoisotopic (exact) mass is 149 g/mol. The summed E-state index contributed by atoms with van der Waals surface area (Å²) in [6.45, 7) is 4.93. The molecule has 0 unspecified atom stereocenters. The van der Waals surface area contributed by atoms with E-state index in [0.717, 1.165) is 13.0 Å². The highest BCUT2D eigenvalue weighted by molar-refractivity contribution is 5.14. The van der Waals surface area contributed by atoms with Crippen LogP contribution in [0.25, 0.3) is 0 Å². The summed E-state index contributed by atoms with van der Waals surface area (Å²) >= 11 is 0. The Labute approximate surface area is 68.0 Å². The van der Waals surface area contributed by atoms with Crippen LogP contribution in [-0.2, 0) is 11.2 Å². The van der Waals surface area contributed by atoms with Crippen molar-refractivity contribution in [2.75, 3.05) is 13.2 Å². The van der Waals surface area contributed by atoms with Crippen LogP contribution in [0, 0.1) is 6.92 Å². The second kappa shape index (κ2) is 4.91. The van der Waals surface area contributed by atoms with E-state index in [1.807, 2.05) is 18.2 Å². The standard InChI is InChI=1S/C10H13O/c1-2-11-9-8-10-6-4-3-5-7-10/h3-7H,1-2,8-9H2. The zero-order valence-electron chi connectivity index (χ0n) is 6.62. The molecule has 1 aromatic rings. The van der Waals surface area contributed by atoms with Gasteiger partial charge >= 0.3 is 0 Å². The maximum Gasteiger partial charge on any atom is 0.0506 e. The molecule has 11 heavy (non-hydrogen) atoms. The van der Waals surface area contributed by atoms with Crippen LogP contribution in [0.2, 0.25) is 0 Å². The van der Waals surface area contributed by atoms with Gasteiger partial charge < -0.3 is 4.74 Å². The van der Waals surface area contributed by atoms with Crippen LogP contribution in [-0.4, -0.2) is 13.2 Å². The van der Waals surface area contributed by atoms with E-state index in [-0.39, 0.29) is 0 Å². The van der Waals surface area contributed by atoms with E-state index in [1.165, 1.54) is 5.56 Å². The van der Waals surface area contributed by atoms with Crippen LogP contribution >= 0.6 is 0 Å². The van der Waals surface area contributed by atoms with Crippen molar-refractivity contribution in [3.63, 3.8) is 0 Å². The fourth-order valence-corrected chi connectivity index (χ4v) is 0.937. The number of hydrogen-bond acceptors (Lipinski definition) is 1. The van der Waals surface area contributed by atoms with Crippen molar-refractivity contribution >= 4 is 0 Å². The van der Waals surface area contributed by atoms with Crippen LogP contribution in [0.15, 0.2) is 30.3 Å². The molecule has 0 aliphatic heterocycles. The molecule has 1 heteroatoms. The molecule has 59 valence electrons. The third-order valence-corrected chi connectivity index (χ3v) is 1.52. The van der Waals surface area contributed by atoms with Gasteiger partial charge in [0.15, 0.2) is 0 Å². The molecule has 0 fully saturated rings. The van der Waals surface area contributed by atoms with E-state index in [2.05, 4.69) is 19.1 Å². The molecule has 1 aromatic carbocycles. The molecule has 0 aliphatic rings. The smallest absolute Gasteiger partial charge is 0.0506 e. The van der Waals surface area contributed by atoms with Gasteiger partial charge in [0.1, 0.15) is 0 Å². The van der Waals surface area contributed by atoms with E-state index in [9.17, 15) is 0 Å². The maximum absolute atomic E-state index is 5.13. The van der Waals surface area contributed by atoms with Crippen molar-refractivity contribution in [3.8, 4) is 0 Å². The predicted molar refractivity (Wildman–Crippen MR) is 46.3 cm³/mol. The van der Waals surface area contributed by atoms with Gasteiger partial charge in [-0.15, -0.1) is 0 Å². The molecule has 0 saturated heterocycles. The molecule has 0 bridgehead atoms. The van der Waals surface area contributed by atoms with Crippen LogP contribution in [0.1, 0.15) is 5.56 Å². The minimum atomic E-state index is 0.562. The molecule has 0 spiro atoms. The van der Waals surface area contributed by atoms with E-state index < -0.39 is 0 Å². The first-order chi connectivity index (χ1) is 5.43. The molecular weight excluding hydrogens is 136 g/mol. The minimum absolute atomic E-state index is 0.562. The van der Waals surface area contributed by atoms with Crippen molar-refractivity contribution in [1.82, 2.24) is 0 Å². The minimum Gasteiger partial charge on any atom is -0.381 e. The summed E-state index contributed by atoms with van der Waals surface area (Å²) in [6, 6.07) is 10.3. The summed E-state index contributed by atoms with van der Waals surface area (Å²) < 4.78 is 5.13. The van der Waals surface area contributed by atoms with Crippen molar-refractivity contribution in [2.24, 2.45) is 0 Å². The highest BCUT2D eigenvalue weighted by Gasteiger charge is 1.89. The van der Waals surface area contributed by atoms with E-state index in [0.29, 0.717) is 6.61 Å². The molecule has 0 heterocycles. The average Bonchev–Trinajstić information content (AvgIpc) is 2.07.